The molecule has 2 N–H and O–H groups in total. The van der Waals surface area contributed by atoms with Crippen LogP contribution in [0, 0.1) is 24.2 Å². The number of hydrogen-bond acceptors (Lipinski definition) is 7. The number of ether oxygens (including phenoxy) is 1. The van der Waals surface area contributed by atoms with E-state index >= 15 is 0 Å². The molecule has 0 bridgehead atoms. The zero-order valence-electron chi connectivity index (χ0n) is 21.4. The Morgan fingerprint density at radius 1 is 1.24 bits per heavy atom. The lowest BCUT2D eigenvalue weighted by atomic mass is 9.73. The fourth-order valence-electron chi connectivity index (χ4n) is 4.05. The first-order valence-electron chi connectivity index (χ1n) is 11.9. The van der Waals surface area contributed by atoms with Crippen molar-refractivity contribution in [2.24, 2.45) is 17.3 Å². The van der Waals surface area contributed by atoms with Crippen molar-refractivity contribution in [3.63, 3.8) is 0 Å². The van der Waals surface area contributed by atoms with Crippen LogP contribution in [0.5, 0.6) is 0 Å². The van der Waals surface area contributed by atoms with Gasteiger partial charge in [-0.1, -0.05) is 51.5 Å². The van der Waals surface area contributed by atoms with Crippen molar-refractivity contribution >= 4 is 29.2 Å². The number of rotatable bonds is 2. The number of aliphatic hydroxyl groups excluding tert-OH is 2. The predicted molar refractivity (Wildman–Crippen MR) is 136 cm³/mol. The van der Waals surface area contributed by atoms with E-state index < -0.39 is 35.6 Å². The zero-order valence-corrected chi connectivity index (χ0v) is 22.2. The number of carbonyl (C=O) groups is 2. The molecular formula is C27H39NO5S. The minimum absolute atomic E-state index is 0.225. The lowest BCUT2D eigenvalue weighted by Crippen LogP contribution is -2.45. The number of ketones is 1. The number of aromatic nitrogens is 1. The fraction of sp³-hybridized carbons (Fsp3) is 0.593. The molecule has 0 saturated carbocycles. The second-order valence-corrected chi connectivity index (χ2v) is 11.1. The highest BCUT2D eigenvalue weighted by atomic mass is 32.1. The number of allylic oxidation sites excluding steroid dienone is 2. The maximum absolute atomic E-state index is 13.1. The molecule has 188 valence electrons. The van der Waals surface area contributed by atoms with Crippen molar-refractivity contribution in [2.45, 2.75) is 86.0 Å². The summed E-state index contributed by atoms with van der Waals surface area (Å²) in [5.74, 6) is -1.77. The van der Waals surface area contributed by atoms with Crippen LogP contribution in [0.15, 0.2) is 34.8 Å². The summed E-state index contributed by atoms with van der Waals surface area (Å²) in [7, 11) is 0. The highest BCUT2D eigenvalue weighted by Crippen LogP contribution is 2.31. The van der Waals surface area contributed by atoms with Crippen LogP contribution in [-0.4, -0.2) is 45.3 Å². The van der Waals surface area contributed by atoms with Crippen LogP contribution in [0.25, 0.3) is 6.08 Å². The molecule has 1 aliphatic heterocycles. The molecule has 0 radical (unpaired) electrons. The van der Waals surface area contributed by atoms with Gasteiger partial charge in [0, 0.05) is 23.6 Å². The lowest BCUT2D eigenvalue weighted by molar-refractivity contribution is -0.154. The third kappa shape index (κ3) is 7.45. The van der Waals surface area contributed by atoms with Gasteiger partial charge in [-0.05, 0) is 38.8 Å². The van der Waals surface area contributed by atoms with Gasteiger partial charge < -0.3 is 14.9 Å². The van der Waals surface area contributed by atoms with Gasteiger partial charge in [-0.3, -0.25) is 9.59 Å². The van der Waals surface area contributed by atoms with Crippen LogP contribution in [-0.2, 0) is 14.3 Å². The minimum atomic E-state index is -1.23. The summed E-state index contributed by atoms with van der Waals surface area (Å²) in [6.07, 6.45) is 6.13. The van der Waals surface area contributed by atoms with E-state index in [4.69, 9.17) is 4.74 Å². The number of nitrogens with zero attached hydrogens (tertiary/aromatic N) is 1. The number of Topliss-reactive ketones (excluding diaryl/α,β-unsaturated/α-hetero) is 1. The SMILES string of the molecule is CC1=CC[C@@H](C(C)=Cc2csc(C)n2)OC(=O)CC(O)C(C)(C)C(=O)C(C)C(O)C(C)C=CC1. The maximum Gasteiger partial charge on any atom is 0.309 e. The molecule has 7 heteroatoms. The van der Waals surface area contributed by atoms with E-state index in [1.807, 2.05) is 57.4 Å². The van der Waals surface area contributed by atoms with E-state index in [1.165, 1.54) is 0 Å². The van der Waals surface area contributed by atoms with Crippen LogP contribution < -0.4 is 0 Å². The number of aryl methyl sites for hydroxylation is 1. The summed E-state index contributed by atoms with van der Waals surface area (Å²) in [5, 5.41) is 24.4. The number of esters is 1. The Labute approximate surface area is 207 Å². The standard InChI is InChI=1S/C27H39NO5S/c1-16-9-8-10-17(2)25(31)19(4)26(32)27(6,7)23(29)14-24(30)33-22(12-11-16)18(3)13-21-15-34-20(5)28-21/h8,10-11,13,15,17,19,22-23,25,29,31H,9,12,14H2,1-7H3/t17?,19?,22-,23?,25?/m0/s1. The monoisotopic (exact) mass is 489 g/mol. The largest absolute Gasteiger partial charge is 0.457 e. The Hall–Kier alpha value is -2.09. The molecule has 0 spiro atoms. The Balaban J connectivity index is 2.37. The first-order valence-corrected chi connectivity index (χ1v) is 12.7. The van der Waals surface area contributed by atoms with Gasteiger partial charge in [-0.2, -0.15) is 0 Å². The van der Waals surface area contributed by atoms with Crippen LogP contribution in [0.1, 0.15) is 71.5 Å². The average Bonchev–Trinajstić information content (AvgIpc) is 3.18. The Kier molecular flexibility index (Phi) is 9.97. The molecule has 0 amide bonds. The minimum Gasteiger partial charge on any atom is -0.457 e. The van der Waals surface area contributed by atoms with Gasteiger partial charge in [0.2, 0.25) is 0 Å². The van der Waals surface area contributed by atoms with E-state index in [-0.39, 0.29) is 18.1 Å². The quantitative estimate of drug-likeness (QED) is 0.446. The molecule has 5 atom stereocenters. The summed E-state index contributed by atoms with van der Waals surface area (Å²) in [5.41, 5.74) is 1.57. The van der Waals surface area contributed by atoms with Gasteiger partial charge in [-0.15, -0.1) is 11.3 Å². The Morgan fingerprint density at radius 2 is 1.91 bits per heavy atom. The van der Waals surface area contributed by atoms with E-state index in [0.717, 1.165) is 21.8 Å². The van der Waals surface area contributed by atoms with Crippen molar-refractivity contribution in [1.29, 1.82) is 0 Å². The van der Waals surface area contributed by atoms with Crippen molar-refractivity contribution < 1.29 is 24.5 Å². The number of hydrogen-bond donors (Lipinski definition) is 2. The van der Waals surface area contributed by atoms with Crippen molar-refractivity contribution in [1.82, 2.24) is 4.98 Å². The lowest BCUT2D eigenvalue weighted by Gasteiger charge is -2.34. The number of aliphatic hydroxyl groups is 2. The normalized spacial score (nSPS) is 30.1. The Bertz CT molecular complexity index is 958. The topological polar surface area (TPSA) is 96.7 Å². The van der Waals surface area contributed by atoms with E-state index in [1.54, 1.807) is 32.1 Å². The number of cyclic esters (lactones) is 1. The first kappa shape index (κ1) is 28.1. The van der Waals surface area contributed by atoms with Crippen LogP contribution in [0.3, 0.4) is 0 Å². The van der Waals surface area contributed by atoms with Gasteiger partial charge in [0.15, 0.2) is 0 Å². The number of thiazole rings is 1. The van der Waals surface area contributed by atoms with Crippen molar-refractivity contribution in [2.75, 3.05) is 0 Å². The molecule has 0 aromatic carbocycles. The molecule has 2 heterocycles. The molecule has 1 aliphatic rings. The van der Waals surface area contributed by atoms with Gasteiger partial charge in [0.1, 0.15) is 11.9 Å². The molecule has 2 rings (SSSR count). The van der Waals surface area contributed by atoms with Crippen molar-refractivity contribution in [3.05, 3.63) is 45.5 Å². The van der Waals surface area contributed by atoms with E-state index in [9.17, 15) is 19.8 Å². The molecule has 0 aliphatic carbocycles. The summed E-state index contributed by atoms with van der Waals surface area (Å²) in [6, 6.07) is 0. The fourth-order valence-corrected chi connectivity index (χ4v) is 4.62. The second-order valence-electron chi connectivity index (χ2n) is 10.0. The average molecular weight is 490 g/mol. The smallest absolute Gasteiger partial charge is 0.309 e. The Morgan fingerprint density at radius 3 is 2.53 bits per heavy atom. The maximum atomic E-state index is 13.1. The first-order chi connectivity index (χ1) is 15.8. The van der Waals surface area contributed by atoms with E-state index in [2.05, 4.69) is 4.98 Å². The van der Waals surface area contributed by atoms with Gasteiger partial charge >= 0.3 is 5.97 Å². The molecule has 0 saturated heterocycles. The molecule has 0 fully saturated rings. The molecule has 34 heavy (non-hydrogen) atoms. The molecule has 1 aromatic heterocycles. The summed E-state index contributed by atoms with van der Waals surface area (Å²) < 4.78 is 5.79. The highest BCUT2D eigenvalue weighted by Gasteiger charge is 2.42. The summed E-state index contributed by atoms with van der Waals surface area (Å²) >= 11 is 1.56. The van der Waals surface area contributed by atoms with Crippen LogP contribution in [0.4, 0.5) is 0 Å². The zero-order chi connectivity index (χ0) is 25.6. The summed E-state index contributed by atoms with van der Waals surface area (Å²) in [4.78, 5) is 30.4. The molecular weight excluding hydrogens is 450 g/mol. The van der Waals surface area contributed by atoms with Crippen molar-refractivity contribution in [3.8, 4) is 0 Å². The van der Waals surface area contributed by atoms with Gasteiger partial charge in [-0.25, -0.2) is 4.98 Å². The van der Waals surface area contributed by atoms with E-state index in [0.29, 0.717) is 12.8 Å². The van der Waals surface area contributed by atoms with Gasteiger partial charge in [0.25, 0.3) is 0 Å². The molecule has 4 unspecified atom stereocenters. The van der Waals surface area contributed by atoms with Crippen LogP contribution >= 0.6 is 11.3 Å². The third-order valence-electron chi connectivity index (χ3n) is 6.65. The summed E-state index contributed by atoms with van der Waals surface area (Å²) in [6.45, 7) is 12.6. The third-order valence-corrected chi connectivity index (χ3v) is 7.44. The second kappa shape index (κ2) is 12.0. The molecule has 6 nitrogen and oxygen atoms in total. The number of carbonyl (C=O) groups excluding carboxylic acids is 2. The van der Waals surface area contributed by atoms with Crippen LogP contribution in [0.2, 0.25) is 0 Å². The van der Waals surface area contributed by atoms with Gasteiger partial charge in [0.05, 0.1) is 34.7 Å². The highest BCUT2D eigenvalue weighted by molar-refractivity contribution is 7.09. The molecule has 1 aromatic rings. The predicted octanol–water partition coefficient (Wildman–Crippen LogP) is 5.04.